The number of methoxy groups -OCH3 is 1. The summed E-state index contributed by atoms with van der Waals surface area (Å²) in [6, 6.07) is 14.6. The number of halogens is 1. The van der Waals surface area contributed by atoms with Crippen LogP contribution < -0.4 is 10.1 Å². The number of nitrogens with zero attached hydrogens (tertiary/aromatic N) is 1. The third-order valence-corrected chi connectivity index (χ3v) is 5.57. The van der Waals surface area contributed by atoms with E-state index in [1.165, 1.54) is 16.7 Å². The van der Waals surface area contributed by atoms with Gasteiger partial charge < -0.3 is 10.1 Å². The van der Waals surface area contributed by atoms with Gasteiger partial charge in [-0.15, -0.1) is 0 Å². The second kappa shape index (κ2) is 8.69. The Morgan fingerprint density at radius 2 is 2.04 bits per heavy atom. The van der Waals surface area contributed by atoms with E-state index in [4.69, 9.17) is 17.0 Å². The van der Waals surface area contributed by atoms with Crippen LogP contribution in [0, 0.1) is 0 Å². The molecule has 0 atom stereocenters. The van der Waals surface area contributed by atoms with Crippen LogP contribution in [0.1, 0.15) is 5.56 Å². The molecule has 5 nitrogen and oxygen atoms in total. The highest BCUT2D eigenvalue weighted by molar-refractivity contribution is 9.10. The third-order valence-electron chi connectivity index (χ3n) is 3.70. The molecular weight excluding hydrogens is 448 g/mol. The van der Waals surface area contributed by atoms with Gasteiger partial charge in [0.05, 0.1) is 12.0 Å². The van der Waals surface area contributed by atoms with Crippen LogP contribution in [0.5, 0.6) is 5.75 Å². The second-order valence-electron chi connectivity index (χ2n) is 5.60. The van der Waals surface area contributed by atoms with Gasteiger partial charge in [0.2, 0.25) is 5.91 Å². The fraction of sp³-hybridized carbons (Fsp3) is 0.105. The summed E-state index contributed by atoms with van der Waals surface area (Å²) in [7, 11) is 1.60. The molecule has 1 N–H and O–H groups in total. The molecule has 0 saturated carbocycles. The average Bonchev–Trinajstić information content (AvgIpc) is 2.90. The Morgan fingerprint density at radius 1 is 1.30 bits per heavy atom. The van der Waals surface area contributed by atoms with E-state index in [1.807, 2.05) is 36.4 Å². The first-order chi connectivity index (χ1) is 13.0. The fourth-order valence-electron chi connectivity index (χ4n) is 2.40. The van der Waals surface area contributed by atoms with Gasteiger partial charge in [0.1, 0.15) is 16.6 Å². The molecule has 2 aromatic rings. The van der Waals surface area contributed by atoms with Crippen LogP contribution in [-0.4, -0.2) is 34.7 Å². The smallest absolute Gasteiger partial charge is 0.266 e. The molecular formula is C19H15BrN2O3S2. The van der Waals surface area contributed by atoms with Gasteiger partial charge >= 0.3 is 0 Å². The van der Waals surface area contributed by atoms with Crippen LogP contribution in [0.3, 0.4) is 0 Å². The largest absolute Gasteiger partial charge is 0.497 e. The third kappa shape index (κ3) is 4.97. The first-order valence-electron chi connectivity index (χ1n) is 7.91. The summed E-state index contributed by atoms with van der Waals surface area (Å²) in [5, 5.41) is 2.76. The number of carbonyl (C=O) groups excluding carboxylic acids is 2. The van der Waals surface area contributed by atoms with E-state index in [2.05, 4.69) is 21.2 Å². The number of rotatable bonds is 5. The zero-order valence-corrected chi connectivity index (χ0v) is 17.5. The van der Waals surface area contributed by atoms with Crippen molar-refractivity contribution in [2.24, 2.45) is 0 Å². The molecule has 1 aliphatic heterocycles. The van der Waals surface area contributed by atoms with E-state index < -0.39 is 0 Å². The highest BCUT2D eigenvalue weighted by Crippen LogP contribution is 2.32. The average molecular weight is 463 g/mol. The van der Waals surface area contributed by atoms with Crippen molar-refractivity contribution in [1.29, 1.82) is 0 Å². The Labute approximate surface area is 174 Å². The Balaban J connectivity index is 1.68. The summed E-state index contributed by atoms with van der Waals surface area (Å²) < 4.78 is 6.34. The highest BCUT2D eigenvalue weighted by Gasteiger charge is 2.33. The molecule has 2 aromatic carbocycles. The number of benzene rings is 2. The van der Waals surface area contributed by atoms with Crippen molar-refractivity contribution in [2.45, 2.75) is 0 Å². The van der Waals surface area contributed by atoms with Gasteiger partial charge in [-0.05, 0) is 42.0 Å². The zero-order valence-electron chi connectivity index (χ0n) is 14.3. The van der Waals surface area contributed by atoms with Crippen molar-refractivity contribution >= 4 is 67.8 Å². The molecule has 2 amide bonds. The van der Waals surface area contributed by atoms with E-state index >= 15 is 0 Å². The molecule has 0 unspecified atom stereocenters. The highest BCUT2D eigenvalue weighted by atomic mass is 79.9. The molecule has 1 saturated heterocycles. The van der Waals surface area contributed by atoms with E-state index in [0.29, 0.717) is 14.9 Å². The molecule has 1 heterocycles. The van der Waals surface area contributed by atoms with Gasteiger partial charge in [0.15, 0.2) is 0 Å². The number of ether oxygens (including phenoxy) is 1. The lowest BCUT2D eigenvalue weighted by molar-refractivity contribution is -0.126. The van der Waals surface area contributed by atoms with Crippen molar-refractivity contribution in [1.82, 2.24) is 4.90 Å². The normalized spacial score (nSPS) is 15.3. The molecule has 1 fully saturated rings. The van der Waals surface area contributed by atoms with Crippen LogP contribution in [0.15, 0.2) is 57.9 Å². The molecule has 0 radical (unpaired) electrons. The van der Waals surface area contributed by atoms with Crippen molar-refractivity contribution in [2.75, 3.05) is 19.0 Å². The van der Waals surface area contributed by atoms with Gasteiger partial charge in [-0.1, -0.05) is 58.1 Å². The second-order valence-corrected chi connectivity index (χ2v) is 8.19. The van der Waals surface area contributed by atoms with Gasteiger partial charge in [-0.25, -0.2) is 0 Å². The number of hydrogen-bond acceptors (Lipinski definition) is 5. The lowest BCUT2D eigenvalue weighted by atomic mass is 10.2. The van der Waals surface area contributed by atoms with Crippen molar-refractivity contribution in [3.63, 3.8) is 0 Å². The van der Waals surface area contributed by atoms with Gasteiger partial charge in [-0.2, -0.15) is 0 Å². The lowest BCUT2D eigenvalue weighted by Gasteiger charge is -2.14. The monoisotopic (exact) mass is 462 g/mol. The number of nitrogens with one attached hydrogen (secondary N) is 1. The number of anilines is 1. The quantitative estimate of drug-likeness (QED) is 0.530. The molecule has 0 spiro atoms. The number of thioether (sulfide) groups is 1. The summed E-state index contributed by atoms with van der Waals surface area (Å²) in [4.78, 5) is 26.7. The molecule has 27 heavy (non-hydrogen) atoms. The van der Waals surface area contributed by atoms with E-state index in [0.717, 1.165) is 15.8 Å². The van der Waals surface area contributed by atoms with Gasteiger partial charge in [-0.3, -0.25) is 14.5 Å². The minimum absolute atomic E-state index is 0.128. The van der Waals surface area contributed by atoms with E-state index in [9.17, 15) is 9.59 Å². The van der Waals surface area contributed by atoms with Crippen LogP contribution in [0.4, 0.5) is 5.69 Å². The predicted octanol–water partition coefficient (Wildman–Crippen LogP) is 4.30. The minimum atomic E-state index is -0.310. The Hall–Kier alpha value is -2.16. The Bertz CT molecular complexity index is 929. The summed E-state index contributed by atoms with van der Waals surface area (Å²) >= 11 is 9.81. The summed E-state index contributed by atoms with van der Waals surface area (Å²) in [5.74, 6) is 0.157. The number of hydrogen-bond donors (Lipinski definition) is 1. The number of carbonyl (C=O) groups is 2. The Kier molecular flexibility index (Phi) is 6.30. The first kappa shape index (κ1) is 19.6. The summed E-state index contributed by atoms with van der Waals surface area (Å²) in [5.41, 5.74) is 1.50. The SMILES string of the molecule is COc1ccc(/C=C2/SC(=S)N(CC(=O)Nc3cccc(Br)c3)C2=O)cc1. The minimum Gasteiger partial charge on any atom is -0.497 e. The van der Waals surface area contributed by atoms with Crippen molar-refractivity contribution in [3.8, 4) is 5.75 Å². The van der Waals surface area contributed by atoms with Crippen LogP contribution in [0.2, 0.25) is 0 Å². The van der Waals surface area contributed by atoms with E-state index in [-0.39, 0.29) is 18.4 Å². The van der Waals surface area contributed by atoms with Crippen molar-refractivity contribution < 1.29 is 14.3 Å². The topological polar surface area (TPSA) is 58.6 Å². The number of amides is 2. The summed E-state index contributed by atoms with van der Waals surface area (Å²) in [6.45, 7) is -0.128. The predicted molar refractivity (Wildman–Crippen MR) is 116 cm³/mol. The van der Waals surface area contributed by atoms with Crippen LogP contribution in [0.25, 0.3) is 6.08 Å². The molecule has 0 aliphatic carbocycles. The Morgan fingerprint density at radius 3 is 2.70 bits per heavy atom. The van der Waals surface area contributed by atoms with Gasteiger partial charge in [0, 0.05) is 10.2 Å². The molecule has 1 aliphatic rings. The number of thiocarbonyl (C=S) groups is 1. The molecule has 0 aromatic heterocycles. The zero-order chi connectivity index (χ0) is 19.4. The maximum atomic E-state index is 12.6. The van der Waals surface area contributed by atoms with Crippen LogP contribution >= 0.6 is 39.9 Å². The standard InChI is InChI=1S/C19H15BrN2O3S2/c1-25-15-7-5-12(6-8-15)9-16-18(24)22(19(26)27-16)11-17(23)21-14-4-2-3-13(20)10-14/h2-10H,11H2,1H3,(H,21,23)/b16-9+. The first-order valence-corrected chi connectivity index (χ1v) is 9.93. The fourth-order valence-corrected chi connectivity index (χ4v) is 4.05. The molecule has 138 valence electrons. The van der Waals surface area contributed by atoms with E-state index in [1.54, 1.807) is 25.3 Å². The van der Waals surface area contributed by atoms with Crippen LogP contribution in [-0.2, 0) is 9.59 Å². The summed E-state index contributed by atoms with van der Waals surface area (Å²) in [6.07, 6.45) is 1.75. The molecule has 3 rings (SSSR count). The maximum Gasteiger partial charge on any atom is 0.266 e. The van der Waals surface area contributed by atoms with Crippen molar-refractivity contribution in [3.05, 3.63) is 63.5 Å². The maximum absolute atomic E-state index is 12.6. The lowest BCUT2D eigenvalue weighted by Crippen LogP contribution is -2.36. The molecule has 8 heteroatoms. The molecule has 0 bridgehead atoms. The van der Waals surface area contributed by atoms with Gasteiger partial charge in [0.25, 0.3) is 5.91 Å².